The number of carbonyl (C=O) groups is 2. The number of esters is 2. The molecular formula is C15H30O4. The Morgan fingerprint density at radius 2 is 1.26 bits per heavy atom. The summed E-state index contributed by atoms with van der Waals surface area (Å²) in [6.45, 7) is 8.67. The van der Waals surface area contributed by atoms with Gasteiger partial charge in [0.1, 0.15) is 0 Å². The lowest BCUT2D eigenvalue weighted by atomic mass is 10.3. The van der Waals surface area contributed by atoms with Crippen molar-refractivity contribution >= 4 is 11.9 Å². The van der Waals surface area contributed by atoms with E-state index in [2.05, 4.69) is 13.8 Å². The zero-order valence-electron chi connectivity index (χ0n) is 13.0. The van der Waals surface area contributed by atoms with Crippen LogP contribution in [0.4, 0.5) is 0 Å². The standard InChI is InChI=1S/C8H16O2.C7H14O2/c1-3-5-6-7-10-8(9)4-2;1-3-4-5-6-9-7(2)8/h3-7H2,1-2H3;3-6H2,1-2H3. The fraction of sp³-hybridized carbons (Fsp3) is 0.867. The highest BCUT2D eigenvalue weighted by molar-refractivity contribution is 5.68. The predicted molar refractivity (Wildman–Crippen MR) is 76.9 cm³/mol. The van der Waals surface area contributed by atoms with Gasteiger partial charge in [-0.15, -0.1) is 0 Å². The molecule has 0 aliphatic rings. The van der Waals surface area contributed by atoms with Crippen LogP contribution in [-0.4, -0.2) is 25.2 Å². The summed E-state index contributed by atoms with van der Waals surface area (Å²) in [6.07, 6.45) is 7.12. The van der Waals surface area contributed by atoms with Gasteiger partial charge in [-0.05, 0) is 12.8 Å². The molecule has 0 saturated heterocycles. The molecule has 0 rings (SSSR count). The Kier molecular flexibility index (Phi) is 18.1. The lowest BCUT2D eigenvalue weighted by molar-refractivity contribution is -0.143. The third kappa shape index (κ3) is 22.6. The lowest BCUT2D eigenvalue weighted by Gasteiger charge is -2.00. The molecule has 4 nitrogen and oxygen atoms in total. The van der Waals surface area contributed by atoms with E-state index in [-0.39, 0.29) is 11.9 Å². The summed E-state index contributed by atoms with van der Waals surface area (Å²) in [5.41, 5.74) is 0. The Hall–Kier alpha value is -1.06. The Morgan fingerprint density at radius 1 is 0.789 bits per heavy atom. The van der Waals surface area contributed by atoms with Gasteiger partial charge >= 0.3 is 11.9 Å². The van der Waals surface area contributed by atoms with Crippen LogP contribution in [0, 0.1) is 0 Å². The minimum atomic E-state index is -0.175. The van der Waals surface area contributed by atoms with Gasteiger partial charge < -0.3 is 9.47 Å². The average molecular weight is 274 g/mol. The minimum Gasteiger partial charge on any atom is -0.466 e. The van der Waals surface area contributed by atoms with Crippen molar-refractivity contribution in [2.45, 2.75) is 72.6 Å². The molecule has 114 valence electrons. The Morgan fingerprint density at radius 3 is 1.63 bits per heavy atom. The maximum Gasteiger partial charge on any atom is 0.305 e. The largest absolute Gasteiger partial charge is 0.466 e. The van der Waals surface area contributed by atoms with E-state index in [1.54, 1.807) is 0 Å². The maximum absolute atomic E-state index is 10.6. The van der Waals surface area contributed by atoms with Crippen molar-refractivity contribution in [2.75, 3.05) is 13.2 Å². The maximum atomic E-state index is 10.6. The summed E-state index contributed by atoms with van der Waals surface area (Å²) in [5, 5.41) is 0. The van der Waals surface area contributed by atoms with Crippen LogP contribution in [0.2, 0.25) is 0 Å². The summed E-state index contributed by atoms with van der Waals surface area (Å²) in [5.74, 6) is -0.262. The van der Waals surface area contributed by atoms with Gasteiger partial charge in [-0.2, -0.15) is 0 Å². The molecule has 0 aliphatic heterocycles. The third-order valence-corrected chi connectivity index (χ3v) is 2.35. The molecule has 0 N–H and O–H groups in total. The van der Waals surface area contributed by atoms with E-state index >= 15 is 0 Å². The smallest absolute Gasteiger partial charge is 0.305 e. The first kappa shape index (κ1) is 20.3. The van der Waals surface area contributed by atoms with Crippen LogP contribution in [0.25, 0.3) is 0 Å². The highest BCUT2D eigenvalue weighted by Gasteiger charge is 1.95. The molecule has 0 radical (unpaired) electrons. The second kappa shape index (κ2) is 16.9. The zero-order chi connectivity index (χ0) is 14.9. The molecule has 0 saturated carbocycles. The minimum absolute atomic E-state index is 0.0869. The van der Waals surface area contributed by atoms with E-state index in [1.165, 1.54) is 19.8 Å². The molecule has 4 heteroatoms. The topological polar surface area (TPSA) is 52.6 Å². The third-order valence-electron chi connectivity index (χ3n) is 2.35. The van der Waals surface area contributed by atoms with Crippen LogP contribution in [0.5, 0.6) is 0 Å². The highest BCUT2D eigenvalue weighted by atomic mass is 16.5. The van der Waals surface area contributed by atoms with Gasteiger partial charge in [0.15, 0.2) is 0 Å². The van der Waals surface area contributed by atoms with Gasteiger partial charge in [-0.25, -0.2) is 0 Å². The first-order valence-electron chi connectivity index (χ1n) is 7.37. The average Bonchev–Trinajstić information content (AvgIpc) is 2.40. The van der Waals surface area contributed by atoms with E-state index in [0.29, 0.717) is 19.6 Å². The van der Waals surface area contributed by atoms with Crippen LogP contribution in [0.15, 0.2) is 0 Å². The molecule has 0 heterocycles. The monoisotopic (exact) mass is 274 g/mol. The Labute approximate surface area is 117 Å². The number of carbonyl (C=O) groups excluding carboxylic acids is 2. The normalized spacial score (nSPS) is 9.26. The zero-order valence-corrected chi connectivity index (χ0v) is 13.0. The van der Waals surface area contributed by atoms with E-state index in [1.807, 2.05) is 6.92 Å². The molecule has 0 aromatic rings. The molecule has 0 aromatic heterocycles. The molecule has 0 spiro atoms. The van der Waals surface area contributed by atoms with Crippen molar-refractivity contribution in [2.24, 2.45) is 0 Å². The first-order chi connectivity index (χ1) is 9.08. The molecule has 0 aliphatic carbocycles. The summed E-state index contributed by atoms with van der Waals surface area (Å²) in [7, 11) is 0. The molecule has 0 bridgehead atoms. The van der Waals surface area contributed by atoms with Crippen molar-refractivity contribution in [3.05, 3.63) is 0 Å². The fourth-order valence-electron chi connectivity index (χ4n) is 1.21. The van der Waals surface area contributed by atoms with Crippen molar-refractivity contribution in [3.8, 4) is 0 Å². The van der Waals surface area contributed by atoms with Crippen molar-refractivity contribution in [3.63, 3.8) is 0 Å². The molecule has 0 atom stereocenters. The quantitative estimate of drug-likeness (QED) is 0.473. The first-order valence-corrected chi connectivity index (χ1v) is 7.37. The van der Waals surface area contributed by atoms with Gasteiger partial charge in [0.25, 0.3) is 0 Å². The van der Waals surface area contributed by atoms with Crippen LogP contribution in [0.1, 0.15) is 72.6 Å². The lowest BCUT2D eigenvalue weighted by Crippen LogP contribution is -2.03. The van der Waals surface area contributed by atoms with E-state index in [4.69, 9.17) is 9.47 Å². The SMILES string of the molecule is CCCCCOC(=O)CC.CCCCCOC(C)=O. The molecule has 0 aromatic carbocycles. The van der Waals surface area contributed by atoms with Crippen LogP contribution < -0.4 is 0 Å². The molecule has 0 amide bonds. The molecule has 19 heavy (non-hydrogen) atoms. The van der Waals surface area contributed by atoms with E-state index < -0.39 is 0 Å². The number of unbranched alkanes of at least 4 members (excludes halogenated alkanes) is 4. The summed E-state index contributed by atoms with van der Waals surface area (Å²) < 4.78 is 9.56. The van der Waals surface area contributed by atoms with E-state index in [0.717, 1.165) is 25.7 Å². The number of hydrogen-bond acceptors (Lipinski definition) is 4. The summed E-state index contributed by atoms with van der Waals surface area (Å²) in [4.78, 5) is 20.7. The van der Waals surface area contributed by atoms with Crippen LogP contribution >= 0.6 is 0 Å². The second-order valence-electron chi connectivity index (χ2n) is 4.33. The molecular weight excluding hydrogens is 244 g/mol. The number of hydrogen-bond donors (Lipinski definition) is 0. The fourth-order valence-corrected chi connectivity index (χ4v) is 1.21. The molecule has 0 fully saturated rings. The highest BCUT2D eigenvalue weighted by Crippen LogP contribution is 1.95. The Balaban J connectivity index is 0. The van der Waals surface area contributed by atoms with Gasteiger partial charge in [0.2, 0.25) is 0 Å². The summed E-state index contributed by atoms with van der Waals surface area (Å²) >= 11 is 0. The van der Waals surface area contributed by atoms with Gasteiger partial charge in [-0.3, -0.25) is 9.59 Å². The van der Waals surface area contributed by atoms with Crippen molar-refractivity contribution in [1.82, 2.24) is 0 Å². The van der Waals surface area contributed by atoms with E-state index in [9.17, 15) is 9.59 Å². The second-order valence-corrected chi connectivity index (χ2v) is 4.33. The van der Waals surface area contributed by atoms with Crippen LogP contribution in [0.3, 0.4) is 0 Å². The van der Waals surface area contributed by atoms with Crippen molar-refractivity contribution in [1.29, 1.82) is 0 Å². The molecule has 0 unspecified atom stereocenters. The van der Waals surface area contributed by atoms with Gasteiger partial charge in [0.05, 0.1) is 13.2 Å². The predicted octanol–water partition coefficient (Wildman–Crippen LogP) is 3.87. The van der Waals surface area contributed by atoms with Crippen LogP contribution in [-0.2, 0) is 19.1 Å². The number of rotatable bonds is 9. The number of ether oxygens (including phenoxy) is 2. The van der Waals surface area contributed by atoms with Crippen molar-refractivity contribution < 1.29 is 19.1 Å². The van der Waals surface area contributed by atoms with Gasteiger partial charge in [0, 0.05) is 13.3 Å². The van der Waals surface area contributed by atoms with Gasteiger partial charge in [-0.1, -0.05) is 46.5 Å². The Bertz CT molecular complexity index is 214. The summed E-state index contributed by atoms with van der Waals surface area (Å²) in [6, 6.07) is 0.